The first-order chi connectivity index (χ1) is 11.5. The van der Waals surface area contributed by atoms with Gasteiger partial charge in [0.15, 0.2) is 0 Å². The van der Waals surface area contributed by atoms with E-state index in [1.54, 1.807) is 0 Å². The minimum atomic E-state index is 0.690. The highest BCUT2D eigenvalue weighted by atomic mass is 79.9. The van der Waals surface area contributed by atoms with Crippen LogP contribution in [-0.2, 0) is 0 Å². The predicted molar refractivity (Wildman–Crippen MR) is 104 cm³/mol. The van der Waals surface area contributed by atoms with Crippen molar-refractivity contribution in [3.63, 3.8) is 0 Å². The topological polar surface area (TPSA) is 18.5 Å². The van der Waals surface area contributed by atoms with Gasteiger partial charge < -0.3 is 9.47 Å². The highest BCUT2D eigenvalue weighted by Gasteiger charge is 2.12. The summed E-state index contributed by atoms with van der Waals surface area (Å²) in [5.74, 6) is 2.94. The van der Waals surface area contributed by atoms with Crippen LogP contribution in [0.15, 0.2) is 69.6 Å². The zero-order valence-corrected chi connectivity index (χ0v) is 16.5. The van der Waals surface area contributed by atoms with Crippen molar-refractivity contribution in [1.82, 2.24) is 0 Å². The molecule has 2 nitrogen and oxygen atoms in total. The Morgan fingerprint density at radius 3 is 1.38 bits per heavy atom. The van der Waals surface area contributed by atoms with Gasteiger partial charge in [-0.3, -0.25) is 0 Å². The molecule has 0 atom stereocenters. The average Bonchev–Trinajstić information content (AvgIpc) is 2.56. The average molecular weight is 448 g/mol. The molecule has 0 aromatic heterocycles. The van der Waals surface area contributed by atoms with Gasteiger partial charge in [-0.25, -0.2) is 0 Å². The van der Waals surface area contributed by atoms with E-state index < -0.39 is 0 Å². The van der Waals surface area contributed by atoms with Gasteiger partial charge in [0.25, 0.3) is 0 Å². The molecule has 0 saturated carbocycles. The van der Waals surface area contributed by atoms with E-state index in [9.17, 15) is 0 Å². The van der Waals surface area contributed by atoms with Gasteiger partial charge in [-0.1, -0.05) is 51.3 Å². The normalized spacial score (nSPS) is 10.5. The van der Waals surface area contributed by atoms with Crippen molar-refractivity contribution >= 4 is 31.9 Å². The summed E-state index contributed by atoms with van der Waals surface area (Å²) in [7, 11) is 0. The van der Waals surface area contributed by atoms with Crippen LogP contribution in [0.5, 0.6) is 23.0 Å². The van der Waals surface area contributed by atoms with Gasteiger partial charge in [0.2, 0.25) is 0 Å². The Hall–Kier alpha value is -1.78. The summed E-state index contributed by atoms with van der Waals surface area (Å²) in [6, 6.07) is 19.7. The molecule has 0 N–H and O–H groups in total. The molecule has 0 radical (unpaired) electrons. The third kappa shape index (κ3) is 4.19. The zero-order valence-electron chi connectivity index (χ0n) is 13.3. The van der Waals surface area contributed by atoms with Crippen molar-refractivity contribution < 1.29 is 9.47 Å². The SMILES string of the molecule is Cc1ccc(Oc2cc(Br)cc(Oc3ccc(C)cc3)c2Br)cc1. The van der Waals surface area contributed by atoms with Gasteiger partial charge >= 0.3 is 0 Å². The lowest BCUT2D eigenvalue weighted by atomic mass is 10.2. The van der Waals surface area contributed by atoms with E-state index in [-0.39, 0.29) is 0 Å². The zero-order chi connectivity index (χ0) is 17.1. The summed E-state index contributed by atoms with van der Waals surface area (Å²) in [6.45, 7) is 4.10. The van der Waals surface area contributed by atoms with Crippen molar-refractivity contribution in [2.24, 2.45) is 0 Å². The third-order valence-electron chi connectivity index (χ3n) is 3.47. The standard InChI is InChI=1S/C20H16Br2O2/c1-13-3-7-16(8-4-13)23-18-11-15(21)12-19(20(18)22)24-17-9-5-14(2)6-10-17/h3-12H,1-2H3. The molecule has 0 unspecified atom stereocenters. The monoisotopic (exact) mass is 446 g/mol. The predicted octanol–water partition coefficient (Wildman–Crippen LogP) is 7.41. The highest BCUT2D eigenvalue weighted by Crippen LogP contribution is 2.41. The summed E-state index contributed by atoms with van der Waals surface area (Å²) in [4.78, 5) is 0. The quantitative estimate of drug-likeness (QED) is 0.414. The fourth-order valence-corrected chi connectivity index (χ4v) is 2.96. The van der Waals surface area contributed by atoms with E-state index in [0.717, 1.165) is 20.4 Å². The molecule has 3 rings (SSSR count). The molecular formula is C20H16Br2O2. The van der Waals surface area contributed by atoms with Crippen LogP contribution in [-0.4, -0.2) is 0 Å². The molecule has 0 amide bonds. The number of rotatable bonds is 4. The maximum atomic E-state index is 5.99. The summed E-state index contributed by atoms with van der Waals surface area (Å²) >= 11 is 7.10. The lowest BCUT2D eigenvalue weighted by molar-refractivity contribution is 0.454. The maximum absolute atomic E-state index is 5.99. The van der Waals surface area contributed by atoms with Gasteiger partial charge in [0.1, 0.15) is 27.5 Å². The molecule has 0 spiro atoms. The first-order valence-corrected chi connectivity index (χ1v) is 9.08. The minimum Gasteiger partial charge on any atom is -0.456 e. The molecule has 3 aromatic carbocycles. The second kappa shape index (κ2) is 7.41. The number of hydrogen-bond donors (Lipinski definition) is 0. The van der Waals surface area contributed by atoms with Crippen molar-refractivity contribution in [2.75, 3.05) is 0 Å². The Balaban J connectivity index is 1.89. The number of aryl methyl sites for hydroxylation is 2. The van der Waals surface area contributed by atoms with E-state index in [2.05, 4.69) is 31.9 Å². The molecule has 0 aliphatic rings. The molecule has 0 aliphatic carbocycles. The van der Waals surface area contributed by atoms with Crippen LogP contribution in [0, 0.1) is 13.8 Å². The molecular weight excluding hydrogens is 432 g/mol. The summed E-state index contributed by atoms with van der Waals surface area (Å²) < 4.78 is 13.6. The van der Waals surface area contributed by atoms with Crippen LogP contribution in [0.3, 0.4) is 0 Å². The van der Waals surface area contributed by atoms with E-state index in [1.165, 1.54) is 11.1 Å². The third-order valence-corrected chi connectivity index (χ3v) is 4.71. The van der Waals surface area contributed by atoms with Gasteiger partial charge in [-0.15, -0.1) is 0 Å². The molecule has 4 heteroatoms. The molecule has 0 saturated heterocycles. The summed E-state index contributed by atoms with van der Waals surface area (Å²) in [5.41, 5.74) is 2.39. The lowest BCUT2D eigenvalue weighted by Gasteiger charge is -2.13. The van der Waals surface area contributed by atoms with Gasteiger partial charge in [-0.05, 0) is 66.2 Å². The van der Waals surface area contributed by atoms with E-state index in [0.29, 0.717) is 11.5 Å². The van der Waals surface area contributed by atoms with Gasteiger partial charge in [-0.2, -0.15) is 0 Å². The molecule has 0 aliphatic heterocycles. The molecule has 24 heavy (non-hydrogen) atoms. The summed E-state index contributed by atoms with van der Waals surface area (Å²) in [5, 5.41) is 0. The largest absolute Gasteiger partial charge is 0.456 e. The Bertz CT molecular complexity index is 772. The van der Waals surface area contributed by atoms with Crippen LogP contribution >= 0.6 is 31.9 Å². The fraction of sp³-hybridized carbons (Fsp3) is 0.100. The lowest BCUT2D eigenvalue weighted by Crippen LogP contribution is -1.91. The van der Waals surface area contributed by atoms with Crippen LogP contribution in [0.1, 0.15) is 11.1 Å². The second-order valence-electron chi connectivity index (χ2n) is 5.55. The van der Waals surface area contributed by atoms with E-state index in [4.69, 9.17) is 9.47 Å². The molecule has 0 heterocycles. The number of halogens is 2. The molecule has 0 fully saturated rings. The number of benzene rings is 3. The first kappa shape index (κ1) is 17.1. The Morgan fingerprint density at radius 2 is 1.00 bits per heavy atom. The van der Waals surface area contributed by atoms with Crippen LogP contribution in [0.2, 0.25) is 0 Å². The van der Waals surface area contributed by atoms with Gasteiger partial charge in [0, 0.05) is 4.47 Å². The van der Waals surface area contributed by atoms with E-state index in [1.807, 2.05) is 74.5 Å². The molecule has 122 valence electrons. The second-order valence-corrected chi connectivity index (χ2v) is 7.25. The Morgan fingerprint density at radius 1 is 0.625 bits per heavy atom. The van der Waals surface area contributed by atoms with Crippen molar-refractivity contribution in [3.8, 4) is 23.0 Å². The smallest absolute Gasteiger partial charge is 0.146 e. The summed E-state index contributed by atoms with van der Waals surface area (Å²) in [6.07, 6.45) is 0. The molecule has 0 bridgehead atoms. The van der Waals surface area contributed by atoms with Crippen LogP contribution in [0.4, 0.5) is 0 Å². The van der Waals surface area contributed by atoms with E-state index >= 15 is 0 Å². The van der Waals surface area contributed by atoms with Crippen molar-refractivity contribution in [3.05, 3.63) is 80.7 Å². The minimum absolute atomic E-state index is 0.690. The Labute approximate surface area is 158 Å². The number of ether oxygens (including phenoxy) is 2. The molecule has 3 aromatic rings. The maximum Gasteiger partial charge on any atom is 0.146 e. The van der Waals surface area contributed by atoms with Crippen LogP contribution < -0.4 is 9.47 Å². The van der Waals surface area contributed by atoms with Crippen LogP contribution in [0.25, 0.3) is 0 Å². The Kier molecular flexibility index (Phi) is 5.27. The van der Waals surface area contributed by atoms with Crippen molar-refractivity contribution in [2.45, 2.75) is 13.8 Å². The van der Waals surface area contributed by atoms with Crippen molar-refractivity contribution in [1.29, 1.82) is 0 Å². The fourth-order valence-electron chi connectivity index (χ4n) is 2.16. The van der Waals surface area contributed by atoms with Gasteiger partial charge in [0.05, 0.1) is 0 Å². The first-order valence-electron chi connectivity index (χ1n) is 7.49. The highest BCUT2D eigenvalue weighted by molar-refractivity contribution is 9.11. The number of hydrogen-bond acceptors (Lipinski definition) is 2.